The number of pyridine rings is 2. The molecule has 5 aromatic carbocycles. The van der Waals surface area contributed by atoms with E-state index in [0.29, 0.717) is 0 Å². The first kappa shape index (κ1) is 23.3. The smallest absolute Gasteiger partial charge is 0.0780 e. The van der Waals surface area contributed by atoms with E-state index in [-0.39, 0.29) is 0 Å². The monoisotopic (exact) mass is 518 g/mol. The fourth-order valence-corrected chi connectivity index (χ4v) is 5.55. The number of nitrogens with zero attached hydrogens (tertiary/aromatic N) is 2. The van der Waals surface area contributed by atoms with Gasteiger partial charge in [-0.2, -0.15) is 0 Å². The summed E-state index contributed by atoms with van der Waals surface area (Å²) in [6.07, 6.45) is 3.74. The van der Waals surface area contributed by atoms with Crippen LogP contribution >= 0.6 is 11.6 Å². The number of hydrogen-bond donors (Lipinski definition) is 0. The molecular formula is C36H23ClN2. The lowest BCUT2D eigenvalue weighted by Crippen LogP contribution is -1.88. The molecule has 0 amide bonds. The topological polar surface area (TPSA) is 25.8 Å². The van der Waals surface area contributed by atoms with Gasteiger partial charge >= 0.3 is 0 Å². The van der Waals surface area contributed by atoms with Crippen molar-refractivity contribution in [3.63, 3.8) is 0 Å². The highest BCUT2D eigenvalue weighted by Gasteiger charge is 2.10. The Balaban J connectivity index is 1.17. The maximum Gasteiger partial charge on any atom is 0.0780 e. The molecule has 7 aromatic rings. The molecule has 0 spiro atoms. The van der Waals surface area contributed by atoms with Gasteiger partial charge in [0.1, 0.15) is 0 Å². The van der Waals surface area contributed by atoms with Crippen LogP contribution in [0, 0.1) is 0 Å². The Hall–Kier alpha value is -4.79. The lowest BCUT2D eigenvalue weighted by atomic mass is 9.97. The lowest BCUT2D eigenvalue weighted by Gasteiger charge is -2.11. The maximum atomic E-state index is 6.82. The summed E-state index contributed by atoms with van der Waals surface area (Å²) in [5.41, 5.74) is 8.45. The number of rotatable bonds is 4. The third kappa shape index (κ3) is 4.35. The van der Waals surface area contributed by atoms with Crippen molar-refractivity contribution >= 4 is 33.1 Å². The fourth-order valence-electron chi connectivity index (χ4n) is 5.26. The van der Waals surface area contributed by atoms with E-state index < -0.39 is 0 Å². The third-order valence-electron chi connectivity index (χ3n) is 7.28. The van der Waals surface area contributed by atoms with Crippen LogP contribution in [0.25, 0.3) is 66.3 Å². The summed E-state index contributed by atoms with van der Waals surface area (Å²) < 4.78 is 0. The van der Waals surface area contributed by atoms with Gasteiger partial charge in [0.25, 0.3) is 0 Å². The first-order valence-electron chi connectivity index (χ1n) is 12.9. The summed E-state index contributed by atoms with van der Waals surface area (Å²) in [4.78, 5) is 9.31. The molecule has 0 radical (unpaired) electrons. The van der Waals surface area contributed by atoms with E-state index in [0.717, 1.165) is 60.6 Å². The van der Waals surface area contributed by atoms with Crippen LogP contribution in [0.3, 0.4) is 0 Å². The number of aromatic nitrogens is 2. The summed E-state index contributed by atoms with van der Waals surface area (Å²) >= 11 is 6.82. The lowest BCUT2D eigenvalue weighted by molar-refractivity contribution is 1.36. The molecule has 0 bridgehead atoms. The minimum Gasteiger partial charge on any atom is -0.256 e. The van der Waals surface area contributed by atoms with Crippen molar-refractivity contribution in [2.24, 2.45) is 0 Å². The van der Waals surface area contributed by atoms with Crippen LogP contribution in [0.5, 0.6) is 0 Å². The average Bonchev–Trinajstić information content (AvgIpc) is 3.01. The molecule has 0 aliphatic heterocycles. The number of halogens is 1. The second-order valence-electron chi connectivity index (χ2n) is 9.61. The van der Waals surface area contributed by atoms with Crippen molar-refractivity contribution in [2.75, 3.05) is 0 Å². The molecule has 0 aliphatic rings. The van der Waals surface area contributed by atoms with Crippen LogP contribution in [0.1, 0.15) is 0 Å². The van der Waals surface area contributed by atoms with Gasteiger partial charge in [0.15, 0.2) is 0 Å². The van der Waals surface area contributed by atoms with E-state index in [2.05, 4.69) is 119 Å². The van der Waals surface area contributed by atoms with Crippen molar-refractivity contribution in [1.82, 2.24) is 9.97 Å². The molecule has 0 saturated heterocycles. The highest BCUT2D eigenvalue weighted by atomic mass is 35.5. The van der Waals surface area contributed by atoms with Gasteiger partial charge in [0.05, 0.1) is 11.4 Å². The molecule has 184 valence electrons. The summed E-state index contributed by atoms with van der Waals surface area (Å²) in [7, 11) is 0. The van der Waals surface area contributed by atoms with Crippen LogP contribution in [0.15, 0.2) is 140 Å². The second kappa shape index (κ2) is 9.83. The van der Waals surface area contributed by atoms with Crippen LogP contribution in [-0.2, 0) is 0 Å². The summed E-state index contributed by atoms with van der Waals surface area (Å²) in [6, 6.07) is 44.1. The van der Waals surface area contributed by atoms with Gasteiger partial charge in [-0.25, -0.2) is 0 Å². The summed E-state index contributed by atoms with van der Waals surface area (Å²) in [6.45, 7) is 0. The standard InChI is InChI=1S/C36H23ClN2/c37-34-23-30(24-9-13-28(14-10-24)35-32-7-3-1-5-25(32)19-21-38-35)17-18-31(34)27-11-15-29(16-12-27)36-33-8-4-2-6-26(33)20-22-39-36/h1-23H. The molecule has 2 heterocycles. The van der Waals surface area contributed by atoms with Gasteiger partial charge in [-0.05, 0) is 45.7 Å². The Morgan fingerprint density at radius 3 is 1.41 bits per heavy atom. The molecule has 0 unspecified atom stereocenters. The Labute approximate surface area is 232 Å². The van der Waals surface area contributed by atoms with Crippen molar-refractivity contribution in [1.29, 1.82) is 0 Å². The largest absolute Gasteiger partial charge is 0.256 e. The Morgan fingerprint density at radius 1 is 0.410 bits per heavy atom. The normalized spacial score (nSPS) is 11.2. The first-order chi connectivity index (χ1) is 19.2. The quantitative estimate of drug-likeness (QED) is 0.231. The van der Waals surface area contributed by atoms with Crippen LogP contribution in [-0.4, -0.2) is 9.97 Å². The van der Waals surface area contributed by atoms with Gasteiger partial charge < -0.3 is 0 Å². The highest BCUT2D eigenvalue weighted by molar-refractivity contribution is 6.33. The van der Waals surface area contributed by atoms with Crippen LogP contribution in [0.2, 0.25) is 5.02 Å². The third-order valence-corrected chi connectivity index (χ3v) is 7.59. The molecule has 0 aliphatic carbocycles. The van der Waals surface area contributed by atoms with E-state index >= 15 is 0 Å². The SMILES string of the molecule is Clc1cc(-c2ccc(-c3nccc4ccccc34)cc2)ccc1-c1ccc(-c2nccc3ccccc23)cc1. The van der Waals surface area contributed by atoms with Crippen molar-refractivity contribution < 1.29 is 0 Å². The van der Waals surface area contributed by atoms with Gasteiger partial charge in [-0.15, -0.1) is 0 Å². The van der Waals surface area contributed by atoms with E-state index in [1.807, 2.05) is 30.6 Å². The Bertz CT molecular complexity index is 1950. The molecular weight excluding hydrogens is 496 g/mol. The van der Waals surface area contributed by atoms with E-state index in [4.69, 9.17) is 11.6 Å². The summed E-state index contributed by atoms with van der Waals surface area (Å²) in [5.74, 6) is 0. The number of hydrogen-bond acceptors (Lipinski definition) is 2. The average molecular weight is 519 g/mol. The molecule has 0 saturated carbocycles. The molecule has 0 fully saturated rings. The van der Waals surface area contributed by atoms with Gasteiger partial charge in [-0.3, -0.25) is 9.97 Å². The van der Waals surface area contributed by atoms with Gasteiger partial charge in [-0.1, -0.05) is 121 Å². The summed E-state index contributed by atoms with van der Waals surface area (Å²) in [5, 5.41) is 5.41. The zero-order valence-corrected chi connectivity index (χ0v) is 21.8. The minimum absolute atomic E-state index is 0.725. The molecule has 3 heteroatoms. The second-order valence-corrected chi connectivity index (χ2v) is 10.0. The molecule has 7 rings (SSSR count). The van der Waals surface area contributed by atoms with Gasteiger partial charge in [0.2, 0.25) is 0 Å². The zero-order chi connectivity index (χ0) is 26.2. The highest BCUT2D eigenvalue weighted by Crippen LogP contribution is 2.35. The molecule has 39 heavy (non-hydrogen) atoms. The Morgan fingerprint density at radius 2 is 0.872 bits per heavy atom. The molecule has 0 N–H and O–H groups in total. The van der Waals surface area contributed by atoms with E-state index in [1.165, 1.54) is 10.8 Å². The number of benzene rings is 5. The molecule has 0 atom stereocenters. The first-order valence-corrected chi connectivity index (χ1v) is 13.3. The van der Waals surface area contributed by atoms with E-state index in [9.17, 15) is 0 Å². The van der Waals surface area contributed by atoms with E-state index in [1.54, 1.807) is 0 Å². The van der Waals surface area contributed by atoms with Gasteiger partial charge in [0, 0.05) is 44.9 Å². The molecule has 2 aromatic heterocycles. The number of fused-ring (bicyclic) bond motifs is 2. The fraction of sp³-hybridized carbons (Fsp3) is 0. The zero-order valence-electron chi connectivity index (χ0n) is 21.1. The van der Waals surface area contributed by atoms with Crippen molar-refractivity contribution in [3.8, 4) is 44.8 Å². The predicted octanol–water partition coefficient (Wildman–Crippen LogP) is 10.1. The van der Waals surface area contributed by atoms with Crippen LogP contribution in [0.4, 0.5) is 0 Å². The predicted molar refractivity (Wildman–Crippen MR) is 164 cm³/mol. The molecule has 2 nitrogen and oxygen atoms in total. The maximum absolute atomic E-state index is 6.82. The van der Waals surface area contributed by atoms with Crippen molar-refractivity contribution in [3.05, 3.63) is 145 Å². The van der Waals surface area contributed by atoms with Crippen molar-refractivity contribution in [2.45, 2.75) is 0 Å². The Kier molecular flexibility index (Phi) is 5.88. The minimum atomic E-state index is 0.725. The van der Waals surface area contributed by atoms with Crippen LogP contribution < -0.4 is 0 Å².